The van der Waals surface area contributed by atoms with Crippen LogP contribution in [-0.2, 0) is 0 Å². The summed E-state index contributed by atoms with van der Waals surface area (Å²) in [6.07, 6.45) is 0. The molecule has 2 rings (SSSR count). The maximum absolute atomic E-state index is 12.9. The average molecular weight is 213 g/mol. The molecule has 0 bridgehead atoms. The van der Waals surface area contributed by atoms with Gasteiger partial charge in [-0.25, -0.2) is 4.79 Å². The van der Waals surface area contributed by atoms with Gasteiger partial charge in [0.1, 0.15) is 5.65 Å². The minimum Gasteiger partial charge on any atom is -0.491 e. The highest BCUT2D eigenvalue weighted by Crippen LogP contribution is 2.13. The van der Waals surface area contributed by atoms with Crippen LogP contribution < -0.4 is 5.56 Å². The Morgan fingerprint density at radius 1 is 1.60 bits per heavy atom. The Morgan fingerprint density at radius 3 is 2.87 bits per heavy atom. The summed E-state index contributed by atoms with van der Waals surface area (Å²) >= 11 is 0. The molecule has 0 saturated heterocycles. The zero-order chi connectivity index (χ0) is 11.2. The van der Waals surface area contributed by atoms with Gasteiger partial charge in [0, 0.05) is 6.07 Å². The third kappa shape index (κ3) is 1.23. The van der Waals surface area contributed by atoms with Crippen LogP contribution in [0.4, 0.5) is 4.39 Å². The van der Waals surface area contributed by atoms with E-state index in [2.05, 4.69) is 5.10 Å². The molecule has 2 aromatic rings. The van der Waals surface area contributed by atoms with Crippen molar-refractivity contribution in [2.75, 3.05) is 0 Å². The van der Waals surface area contributed by atoms with Crippen molar-refractivity contribution in [2.24, 2.45) is 0 Å². The highest BCUT2D eigenvalue weighted by molar-refractivity contribution is 5.86. The highest BCUT2D eigenvalue weighted by atomic mass is 19.1. The van der Waals surface area contributed by atoms with E-state index in [-0.39, 0.29) is 5.65 Å². The Morgan fingerprint density at radius 2 is 2.27 bits per heavy atom. The molecule has 0 aliphatic rings. The summed E-state index contributed by atoms with van der Waals surface area (Å²) < 4.78 is 13.5. The normalized spacial score (nSPS) is 10.7. The first kappa shape index (κ1) is 9.19. The van der Waals surface area contributed by atoms with Crippen LogP contribution in [0.15, 0.2) is 10.9 Å². The zero-order valence-electron chi connectivity index (χ0n) is 7.06. The fraction of sp³-hybridized carbons (Fsp3) is 0. The number of carboxylic acid groups (broad SMARTS) is 1. The molecule has 0 aliphatic carbocycles. The van der Waals surface area contributed by atoms with Gasteiger partial charge >= 0.3 is 5.97 Å². The number of carboxylic acids is 1. The molecule has 0 spiro atoms. The molecule has 0 saturated carbocycles. The highest BCUT2D eigenvalue weighted by Gasteiger charge is 2.16. The van der Waals surface area contributed by atoms with Crippen LogP contribution in [0.1, 0.15) is 10.5 Å². The number of hydrogen-bond donors (Lipinski definition) is 3. The minimum atomic E-state index is -1.41. The lowest BCUT2D eigenvalue weighted by Gasteiger charge is -1.96. The summed E-state index contributed by atoms with van der Waals surface area (Å²) in [5, 5.41) is 21.1. The Balaban J connectivity index is 2.88. The van der Waals surface area contributed by atoms with E-state index < -0.39 is 28.9 Å². The number of nitrogens with one attached hydrogen (secondary N) is 1. The van der Waals surface area contributed by atoms with E-state index >= 15 is 0 Å². The van der Waals surface area contributed by atoms with Gasteiger partial charge < -0.3 is 15.2 Å². The molecule has 15 heavy (non-hydrogen) atoms. The molecule has 0 aliphatic heterocycles. The van der Waals surface area contributed by atoms with Gasteiger partial charge in [0.2, 0.25) is 5.82 Å². The minimum absolute atomic E-state index is 0.101. The lowest BCUT2D eigenvalue weighted by molar-refractivity contribution is 0.0690. The van der Waals surface area contributed by atoms with Crippen molar-refractivity contribution in [3.05, 3.63) is 27.9 Å². The molecule has 0 unspecified atom stereocenters. The van der Waals surface area contributed by atoms with Gasteiger partial charge in [0.25, 0.3) is 11.4 Å². The maximum atomic E-state index is 12.9. The number of nitrogens with zero attached hydrogens (tertiary/aromatic N) is 2. The van der Waals surface area contributed by atoms with Crippen molar-refractivity contribution in [3.63, 3.8) is 0 Å². The molecular formula is C7H4FN3O4. The molecule has 0 radical (unpaired) electrons. The van der Waals surface area contributed by atoms with E-state index in [4.69, 9.17) is 10.2 Å². The van der Waals surface area contributed by atoms with Crippen molar-refractivity contribution in [1.29, 1.82) is 0 Å². The van der Waals surface area contributed by atoms with E-state index in [1.165, 1.54) is 0 Å². The number of carbonyl (C=O) groups is 1. The smallest absolute Gasteiger partial charge is 0.356 e. The summed E-state index contributed by atoms with van der Waals surface area (Å²) in [4.78, 5) is 23.4. The first-order chi connectivity index (χ1) is 7.00. The van der Waals surface area contributed by atoms with Gasteiger partial charge in [-0.15, -0.1) is 0 Å². The largest absolute Gasteiger partial charge is 0.491 e. The number of H-pyrrole nitrogens is 1. The zero-order valence-corrected chi connectivity index (χ0v) is 7.06. The molecular weight excluding hydrogens is 209 g/mol. The first-order valence-electron chi connectivity index (χ1n) is 3.74. The predicted molar refractivity (Wildman–Crippen MR) is 44.4 cm³/mol. The van der Waals surface area contributed by atoms with E-state index in [1.807, 2.05) is 4.98 Å². The van der Waals surface area contributed by atoms with Gasteiger partial charge in [-0.3, -0.25) is 4.79 Å². The Labute approximate surface area is 80.4 Å². The van der Waals surface area contributed by atoms with Crippen molar-refractivity contribution in [2.45, 2.75) is 0 Å². The third-order valence-electron chi connectivity index (χ3n) is 1.77. The SMILES string of the molecule is O=C(O)c1cc2[nH]c(=O)c(F)c(O)n2n1. The molecule has 0 atom stereocenters. The Bertz CT molecular complexity index is 614. The summed E-state index contributed by atoms with van der Waals surface area (Å²) in [6, 6.07) is 1.00. The van der Waals surface area contributed by atoms with Gasteiger partial charge in [0.15, 0.2) is 5.69 Å². The Hall–Kier alpha value is -2.38. The van der Waals surface area contributed by atoms with Gasteiger partial charge in [-0.05, 0) is 0 Å². The van der Waals surface area contributed by atoms with Crippen LogP contribution in [0.3, 0.4) is 0 Å². The first-order valence-corrected chi connectivity index (χ1v) is 3.74. The number of aromatic hydroxyl groups is 1. The standard InChI is InChI=1S/C7H4FN3O4/c8-4-5(12)9-3-1-2(7(14)15)10-11(3)6(4)13/h1,13H,(H,9,12)(H,14,15). The lowest BCUT2D eigenvalue weighted by atomic mass is 10.4. The topological polar surface area (TPSA) is 108 Å². The number of aromatic amines is 1. The second kappa shape index (κ2) is 2.80. The van der Waals surface area contributed by atoms with Crippen LogP contribution in [0.2, 0.25) is 0 Å². The van der Waals surface area contributed by atoms with Crippen molar-refractivity contribution < 1.29 is 19.4 Å². The molecule has 7 nitrogen and oxygen atoms in total. The maximum Gasteiger partial charge on any atom is 0.356 e. The molecule has 0 amide bonds. The van der Waals surface area contributed by atoms with Crippen LogP contribution in [0.5, 0.6) is 5.88 Å². The van der Waals surface area contributed by atoms with E-state index in [9.17, 15) is 14.0 Å². The van der Waals surface area contributed by atoms with Crippen molar-refractivity contribution in [1.82, 2.24) is 14.6 Å². The molecule has 3 N–H and O–H groups in total. The van der Waals surface area contributed by atoms with Crippen molar-refractivity contribution >= 4 is 11.6 Å². The van der Waals surface area contributed by atoms with E-state index in [1.54, 1.807) is 0 Å². The van der Waals surface area contributed by atoms with Crippen molar-refractivity contribution in [3.8, 4) is 5.88 Å². The molecule has 0 fully saturated rings. The molecule has 0 aromatic carbocycles. The van der Waals surface area contributed by atoms with Gasteiger partial charge in [-0.2, -0.15) is 14.0 Å². The van der Waals surface area contributed by atoms with Crippen LogP contribution >= 0.6 is 0 Å². The second-order valence-electron chi connectivity index (χ2n) is 2.72. The lowest BCUT2D eigenvalue weighted by Crippen LogP contribution is -2.13. The van der Waals surface area contributed by atoms with Crippen LogP contribution in [-0.4, -0.2) is 30.8 Å². The molecule has 2 aromatic heterocycles. The number of fused-ring (bicyclic) bond motifs is 1. The fourth-order valence-electron chi connectivity index (χ4n) is 1.10. The number of halogens is 1. The molecule has 2 heterocycles. The summed E-state index contributed by atoms with van der Waals surface area (Å²) in [6.45, 7) is 0. The predicted octanol–water partition coefficient (Wildman–Crippen LogP) is -0.435. The van der Waals surface area contributed by atoms with E-state index in [0.717, 1.165) is 6.07 Å². The summed E-state index contributed by atoms with van der Waals surface area (Å²) in [7, 11) is 0. The Kier molecular flexibility index (Phi) is 1.72. The van der Waals surface area contributed by atoms with Crippen LogP contribution in [0.25, 0.3) is 5.65 Å². The molecule has 8 heteroatoms. The monoisotopic (exact) mass is 213 g/mol. The second-order valence-corrected chi connectivity index (χ2v) is 2.72. The molecule has 78 valence electrons. The quantitative estimate of drug-likeness (QED) is 0.595. The third-order valence-corrected chi connectivity index (χ3v) is 1.77. The van der Waals surface area contributed by atoms with Gasteiger partial charge in [0.05, 0.1) is 0 Å². The van der Waals surface area contributed by atoms with Gasteiger partial charge in [-0.1, -0.05) is 0 Å². The summed E-state index contributed by atoms with van der Waals surface area (Å²) in [5.41, 5.74) is -1.65. The summed E-state index contributed by atoms with van der Waals surface area (Å²) in [5.74, 6) is -3.79. The fourth-order valence-corrected chi connectivity index (χ4v) is 1.10. The number of rotatable bonds is 1. The number of aromatic carboxylic acids is 1. The number of aromatic nitrogens is 3. The number of hydrogen-bond acceptors (Lipinski definition) is 4. The van der Waals surface area contributed by atoms with Crippen LogP contribution in [0, 0.1) is 5.82 Å². The van der Waals surface area contributed by atoms with E-state index in [0.29, 0.717) is 4.52 Å². The average Bonchev–Trinajstić information content (AvgIpc) is 2.58.